The second kappa shape index (κ2) is 2.69. The number of alkyl halides is 3. The minimum absolute atomic E-state index is 0.00736. The summed E-state index contributed by atoms with van der Waals surface area (Å²) in [5.41, 5.74) is 5.05. The van der Waals surface area contributed by atoms with Gasteiger partial charge in [0.15, 0.2) is 6.04 Å². The van der Waals surface area contributed by atoms with Crippen LogP contribution in [0.4, 0.5) is 13.2 Å². The van der Waals surface area contributed by atoms with Gasteiger partial charge in [0.05, 0.1) is 6.61 Å². The lowest BCUT2D eigenvalue weighted by molar-refractivity contribution is -0.159. The Hall–Kier alpha value is -0.780. The van der Waals surface area contributed by atoms with Crippen LogP contribution in [0.15, 0.2) is 4.99 Å². The summed E-state index contributed by atoms with van der Waals surface area (Å²) in [7, 11) is 0. The number of ether oxygens (including phenoxy) is 1. The first-order valence-electron chi connectivity index (χ1n) is 2.97. The van der Waals surface area contributed by atoms with E-state index in [0.717, 1.165) is 0 Å². The third kappa shape index (κ3) is 2.07. The van der Waals surface area contributed by atoms with Crippen LogP contribution in [-0.2, 0) is 4.74 Å². The van der Waals surface area contributed by atoms with E-state index in [0.29, 0.717) is 0 Å². The van der Waals surface area contributed by atoms with Crippen molar-refractivity contribution in [2.24, 2.45) is 10.7 Å². The van der Waals surface area contributed by atoms with Gasteiger partial charge in [-0.2, -0.15) is 13.2 Å². The Morgan fingerprint density at radius 2 is 2.18 bits per heavy atom. The Balaban J connectivity index is 2.67. The normalized spacial score (nSPS) is 26.5. The lowest BCUT2D eigenvalue weighted by Gasteiger charge is -2.20. The molecule has 0 aromatic heterocycles. The van der Waals surface area contributed by atoms with E-state index in [4.69, 9.17) is 5.73 Å². The summed E-state index contributed by atoms with van der Waals surface area (Å²) in [6.07, 6.45) is -4.34. The molecule has 0 aromatic rings. The zero-order valence-corrected chi connectivity index (χ0v) is 5.56. The largest absolute Gasteiger partial charge is 0.413 e. The molecule has 1 rings (SSSR count). The molecule has 0 aromatic carbocycles. The molecule has 1 atom stereocenters. The topological polar surface area (TPSA) is 47.6 Å². The number of nitrogens with two attached hydrogens (primary N) is 1. The minimum atomic E-state index is -4.34. The van der Waals surface area contributed by atoms with Crippen LogP contribution >= 0.6 is 0 Å². The molecule has 0 fully saturated rings. The summed E-state index contributed by atoms with van der Waals surface area (Å²) in [5.74, 6) is -0.0985. The van der Waals surface area contributed by atoms with Crippen molar-refractivity contribution in [3.8, 4) is 0 Å². The number of halogens is 3. The number of hydrogen-bond donors (Lipinski definition) is 1. The smallest absolute Gasteiger partial charge is 0.386 e. The number of amidine groups is 1. The monoisotopic (exact) mass is 168 g/mol. The fraction of sp³-hybridized carbons (Fsp3) is 0.800. The fourth-order valence-corrected chi connectivity index (χ4v) is 0.718. The van der Waals surface area contributed by atoms with Crippen molar-refractivity contribution in [2.45, 2.75) is 12.2 Å². The van der Waals surface area contributed by atoms with Crippen molar-refractivity contribution in [3.05, 3.63) is 0 Å². The SMILES string of the molecule is NC1=NC(C(F)(F)F)COC1. The van der Waals surface area contributed by atoms with Crippen molar-refractivity contribution in [1.29, 1.82) is 0 Å². The van der Waals surface area contributed by atoms with E-state index in [-0.39, 0.29) is 12.4 Å². The molecule has 3 nitrogen and oxygen atoms in total. The number of rotatable bonds is 0. The van der Waals surface area contributed by atoms with E-state index >= 15 is 0 Å². The van der Waals surface area contributed by atoms with Gasteiger partial charge >= 0.3 is 6.18 Å². The summed E-state index contributed by atoms with van der Waals surface area (Å²) < 4.78 is 40.2. The van der Waals surface area contributed by atoms with Crippen LogP contribution in [-0.4, -0.2) is 31.3 Å². The predicted molar refractivity (Wildman–Crippen MR) is 32.3 cm³/mol. The number of nitrogens with zero attached hydrogens (tertiary/aromatic N) is 1. The van der Waals surface area contributed by atoms with E-state index in [9.17, 15) is 13.2 Å². The molecule has 0 radical (unpaired) electrons. The molecule has 0 spiro atoms. The molecule has 1 heterocycles. The van der Waals surface area contributed by atoms with E-state index in [1.807, 2.05) is 0 Å². The molecule has 0 amide bonds. The van der Waals surface area contributed by atoms with E-state index < -0.39 is 18.8 Å². The molecule has 1 aliphatic heterocycles. The van der Waals surface area contributed by atoms with Crippen molar-refractivity contribution < 1.29 is 17.9 Å². The van der Waals surface area contributed by atoms with Gasteiger partial charge in [-0.15, -0.1) is 0 Å². The van der Waals surface area contributed by atoms with Gasteiger partial charge in [0.2, 0.25) is 0 Å². The van der Waals surface area contributed by atoms with Gasteiger partial charge in [-0.25, -0.2) is 0 Å². The van der Waals surface area contributed by atoms with E-state index in [2.05, 4.69) is 9.73 Å². The van der Waals surface area contributed by atoms with Gasteiger partial charge in [0.1, 0.15) is 12.4 Å². The summed E-state index contributed by atoms with van der Waals surface area (Å²) >= 11 is 0. The van der Waals surface area contributed by atoms with E-state index in [1.54, 1.807) is 0 Å². The van der Waals surface area contributed by atoms with Crippen molar-refractivity contribution in [2.75, 3.05) is 13.2 Å². The first-order chi connectivity index (χ1) is 5.00. The second-order valence-electron chi connectivity index (χ2n) is 2.19. The summed E-state index contributed by atoms with van der Waals surface area (Å²) in [6, 6.07) is -1.78. The molecule has 1 aliphatic rings. The van der Waals surface area contributed by atoms with Crippen LogP contribution < -0.4 is 5.73 Å². The van der Waals surface area contributed by atoms with E-state index in [1.165, 1.54) is 0 Å². The first-order valence-corrected chi connectivity index (χ1v) is 2.97. The molecule has 0 saturated carbocycles. The molecule has 0 saturated heterocycles. The molecule has 1 unspecified atom stereocenters. The standard InChI is InChI=1S/C5H7F3N2O/c6-5(7,8)3-1-11-2-4(9)10-3/h3H,1-2H2,(H2,9,10). The summed E-state index contributed by atoms with van der Waals surface area (Å²) in [6.45, 7) is -0.434. The first kappa shape index (κ1) is 8.32. The van der Waals surface area contributed by atoms with Gasteiger partial charge in [-0.1, -0.05) is 0 Å². The molecule has 11 heavy (non-hydrogen) atoms. The van der Waals surface area contributed by atoms with Gasteiger partial charge in [-0.05, 0) is 0 Å². The van der Waals surface area contributed by atoms with Crippen LogP contribution in [0.2, 0.25) is 0 Å². The predicted octanol–water partition coefficient (Wildman–Crippen LogP) is 0.305. The van der Waals surface area contributed by atoms with Crippen LogP contribution in [0.25, 0.3) is 0 Å². The average Bonchev–Trinajstić information content (AvgIpc) is 1.86. The number of hydrogen-bond acceptors (Lipinski definition) is 3. The van der Waals surface area contributed by atoms with Gasteiger partial charge < -0.3 is 10.5 Å². The highest BCUT2D eigenvalue weighted by Crippen LogP contribution is 2.24. The van der Waals surface area contributed by atoms with Crippen LogP contribution in [0.1, 0.15) is 0 Å². The maximum absolute atomic E-state index is 11.9. The van der Waals surface area contributed by atoms with Crippen molar-refractivity contribution >= 4 is 5.84 Å². The highest BCUT2D eigenvalue weighted by molar-refractivity contribution is 5.82. The molecule has 0 aliphatic carbocycles. The average molecular weight is 168 g/mol. The van der Waals surface area contributed by atoms with Crippen LogP contribution in [0.5, 0.6) is 0 Å². The lowest BCUT2D eigenvalue weighted by atomic mass is 10.3. The molecule has 6 heteroatoms. The highest BCUT2D eigenvalue weighted by atomic mass is 19.4. The molecular weight excluding hydrogens is 161 g/mol. The fourth-order valence-electron chi connectivity index (χ4n) is 0.718. The Morgan fingerprint density at radius 1 is 1.55 bits per heavy atom. The molecule has 64 valence electrons. The van der Waals surface area contributed by atoms with Crippen LogP contribution in [0, 0.1) is 0 Å². The molecular formula is C5H7F3N2O. The second-order valence-corrected chi connectivity index (χ2v) is 2.19. The van der Waals surface area contributed by atoms with Gasteiger partial charge in [-0.3, -0.25) is 4.99 Å². The highest BCUT2D eigenvalue weighted by Gasteiger charge is 2.41. The van der Waals surface area contributed by atoms with Crippen molar-refractivity contribution in [1.82, 2.24) is 0 Å². The Bertz CT molecular complexity index is 177. The Morgan fingerprint density at radius 3 is 2.55 bits per heavy atom. The Kier molecular flexibility index (Phi) is 2.03. The zero-order chi connectivity index (χ0) is 8.48. The maximum Gasteiger partial charge on any atom is 0.413 e. The lowest BCUT2D eigenvalue weighted by Crippen LogP contribution is -2.39. The van der Waals surface area contributed by atoms with Gasteiger partial charge in [0.25, 0.3) is 0 Å². The summed E-state index contributed by atoms with van der Waals surface area (Å²) in [5, 5.41) is 0. The maximum atomic E-state index is 11.9. The Labute approximate surface area is 61.0 Å². The van der Waals surface area contributed by atoms with Gasteiger partial charge in [0, 0.05) is 0 Å². The third-order valence-electron chi connectivity index (χ3n) is 1.23. The molecule has 0 bridgehead atoms. The van der Waals surface area contributed by atoms with Crippen molar-refractivity contribution in [3.63, 3.8) is 0 Å². The number of aliphatic imine (C=N–C) groups is 1. The summed E-state index contributed by atoms with van der Waals surface area (Å²) in [4.78, 5) is 3.20. The quantitative estimate of drug-likeness (QED) is 0.565. The zero-order valence-electron chi connectivity index (χ0n) is 5.56. The molecule has 2 N–H and O–H groups in total. The minimum Gasteiger partial charge on any atom is -0.386 e. The van der Waals surface area contributed by atoms with Crippen LogP contribution in [0.3, 0.4) is 0 Å². The third-order valence-corrected chi connectivity index (χ3v) is 1.23.